The van der Waals surface area contributed by atoms with E-state index in [1.165, 1.54) is 0 Å². The molecule has 5 nitrogen and oxygen atoms in total. The van der Waals surface area contributed by atoms with E-state index in [9.17, 15) is 4.79 Å². The van der Waals surface area contributed by atoms with Gasteiger partial charge < -0.3 is 20.1 Å². The zero-order chi connectivity index (χ0) is 15.1. The summed E-state index contributed by atoms with van der Waals surface area (Å²) in [5.74, 6) is 0.240. The maximum atomic E-state index is 12.9. The Kier molecular flexibility index (Phi) is 6.45. The van der Waals surface area contributed by atoms with E-state index in [4.69, 9.17) is 15.2 Å². The molecule has 2 N–H and O–H groups in total. The van der Waals surface area contributed by atoms with Crippen molar-refractivity contribution in [3.8, 4) is 0 Å². The predicted octanol–water partition coefficient (Wildman–Crippen LogP) is 1.55. The Morgan fingerprint density at radius 3 is 2.76 bits per heavy atom. The van der Waals surface area contributed by atoms with Crippen LogP contribution < -0.4 is 5.73 Å². The number of likely N-dealkylation sites (tertiary alicyclic amines) is 1. The molecule has 21 heavy (non-hydrogen) atoms. The van der Waals surface area contributed by atoms with Gasteiger partial charge in [-0.05, 0) is 38.5 Å². The van der Waals surface area contributed by atoms with Gasteiger partial charge in [0.2, 0.25) is 5.91 Å². The quantitative estimate of drug-likeness (QED) is 0.836. The van der Waals surface area contributed by atoms with Crippen LogP contribution in [0.25, 0.3) is 0 Å². The van der Waals surface area contributed by atoms with Crippen molar-refractivity contribution in [2.45, 2.75) is 51.6 Å². The van der Waals surface area contributed by atoms with Crippen molar-refractivity contribution in [3.05, 3.63) is 0 Å². The maximum Gasteiger partial charge on any atom is 0.230 e. The number of hydrogen-bond acceptors (Lipinski definition) is 4. The summed E-state index contributed by atoms with van der Waals surface area (Å²) in [6, 6.07) is 0. The molecule has 2 rings (SSSR count). The number of nitrogens with zero attached hydrogens (tertiary/aromatic N) is 1. The number of carbonyl (C=O) groups excluding carboxylic acids is 1. The molecular formula is C16H30N2O3. The van der Waals surface area contributed by atoms with Crippen LogP contribution in [0, 0.1) is 5.41 Å². The van der Waals surface area contributed by atoms with E-state index in [2.05, 4.69) is 6.92 Å². The third-order valence-electron chi connectivity index (χ3n) is 4.81. The number of nitrogens with two attached hydrogens (primary N) is 1. The third-order valence-corrected chi connectivity index (χ3v) is 4.81. The van der Waals surface area contributed by atoms with Crippen molar-refractivity contribution in [2.75, 3.05) is 39.5 Å². The summed E-state index contributed by atoms with van der Waals surface area (Å²) in [7, 11) is 0. The van der Waals surface area contributed by atoms with Gasteiger partial charge in [-0.15, -0.1) is 0 Å². The summed E-state index contributed by atoms with van der Waals surface area (Å²) in [5.41, 5.74) is 5.56. The number of ether oxygens (including phenoxy) is 2. The van der Waals surface area contributed by atoms with E-state index in [0.717, 1.165) is 58.2 Å². The summed E-state index contributed by atoms with van der Waals surface area (Å²) in [5, 5.41) is 0. The molecule has 0 spiro atoms. The molecule has 0 aromatic rings. The smallest absolute Gasteiger partial charge is 0.230 e. The Morgan fingerprint density at radius 2 is 2.10 bits per heavy atom. The first-order chi connectivity index (χ1) is 10.2. The van der Waals surface area contributed by atoms with Crippen LogP contribution in [-0.2, 0) is 14.3 Å². The molecule has 122 valence electrons. The van der Waals surface area contributed by atoms with E-state index in [1.807, 2.05) is 4.90 Å². The minimum atomic E-state index is -0.387. The Morgan fingerprint density at radius 1 is 1.33 bits per heavy atom. The standard InChI is InChI=1S/C16H30N2O3/c1-2-10-21-14-4-3-8-18(9-5-14)15(19)16(13-17)6-11-20-12-7-16/h14H,2-13,17H2,1H3. The van der Waals surface area contributed by atoms with Gasteiger partial charge in [0.05, 0.1) is 11.5 Å². The molecule has 2 fully saturated rings. The molecule has 2 aliphatic rings. The fraction of sp³-hybridized carbons (Fsp3) is 0.938. The molecule has 1 amide bonds. The Bertz CT molecular complexity index is 329. The van der Waals surface area contributed by atoms with Gasteiger partial charge in [-0.1, -0.05) is 6.92 Å². The zero-order valence-corrected chi connectivity index (χ0v) is 13.3. The summed E-state index contributed by atoms with van der Waals surface area (Å²) < 4.78 is 11.3. The van der Waals surface area contributed by atoms with Crippen molar-refractivity contribution in [1.29, 1.82) is 0 Å². The van der Waals surface area contributed by atoms with Gasteiger partial charge in [-0.3, -0.25) is 4.79 Å². The Hall–Kier alpha value is -0.650. The molecule has 2 saturated heterocycles. The van der Waals surface area contributed by atoms with Crippen molar-refractivity contribution < 1.29 is 14.3 Å². The van der Waals surface area contributed by atoms with Gasteiger partial charge in [0.25, 0.3) is 0 Å². The highest BCUT2D eigenvalue weighted by Gasteiger charge is 2.41. The van der Waals surface area contributed by atoms with Crippen LogP contribution in [0.3, 0.4) is 0 Å². The van der Waals surface area contributed by atoms with Gasteiger partial charge in [-0.25, -0.2) is 0 Å². The second kappa shape index (κ2) is 8.11. The number of rotatable bonds is 5. The van der Waals surface area contributed by atoms with Gasteiger partial charge in [0, 0.05) is 39.5 Å². The SMILES string of the molecule is CCCOC1CCCN(C(=O)C2(CN)CCOCC2)CC1. The Labute approximate surface area is 128 Å². The lowest BCUT2D eigenvalue weighted by Gasteiger charge is -2.38. The maximum absolute atomic E-state index is 12.9. The van der Waals surface area contributed by atoms with Crippen LogP contribution in [-0.4, -0.2) is 56.4 Å². The predicted molar refractivity (Wildman–Crippen MR) is 82.0 cm³/mol. The average molecular weight is 298 g/mol. The molecule has 5 heteroatoms. The topological polar surface area (TPSA) is 64.8 Å². The number of hydrogen-bond donors (Lipinski definition) is 1. The van der Waals surface area contributed by atoms with Crippen LogP contribution in [0.4, 0.5) is 0 Å². The molecule has 0 bridgehead atoms. The molecule has 1 atom stereocenters. The van der Waals surface area contributed by atoms with Crippen molar-refractivity contribution in [2.24, 2.45) is 11.1 Å². The second-order valence-electron chi connectivity index (χ2n) is 6.31. The fourth-order valence-corrected chi connectivity index (χ4v) is 3.32. The van der Waals surface area contributed by atoms with E-state index in [-0.39, 0.29) is 11.3 Å². The molecule has 0 aliphatic carbocycles. The lowest BCUT2D eigenvalue weighted by Crippen LogP contribution is -2.51. The van der Waals surface area contributed by atoms with Crippen molar-refractivity contribution in [1.82, 2.24) is 4.90 Å². The normalized spacial score (nSPS) is 26.4. The monoisotopic (exact) mass is 298 g/mol. The largest absolute Gasteiger partial charge is 0.381 e. The van der Waals surface area contributed by atoms with E-state index in [1.54, 1.807) is 0 Å². The summed E-state index contributed by atoms with van der Waals surface area (Å²) in [6.07, 6.45) is 5.91. The molecule has 0 radical (unpaired) electrons. The minimum Gasteiger partial charge on any atom is -0.381 e. The molecule has 0 aromatic carbocycles. The van der Waals surface area contributed by atoms with Crippen molar-refractivity contribution >= 4 is 5.91 Å². The van der Waals surface area contributed by atoms with Gasteiger partial charge >= 0.3 is 0 Å². The zero-order valence-electron chi connectivity index (χ0n) is 13.3. The van der Waals surface area contributed by atoms with Gasteiger partial charge in [0.1, 0.15) is 0 Å². The molecular weight excluding hydrogens is 268 g/mol. The fourth-order valence-electron chi connectivity index (χ4n) is 3.32. The van der Waals surface area contributed by atoms with Crippen LogP contribution in [0.15, 0.2) is 0 Å². The van der Waals surface area contributed by atoms with Crippen LogP contribution >= 0.6 is 0 Å². The second-order valence-corrected chi connectivity index (χ2v) is 6.31. The minimum absolute atomic E-state index is 0.240. The van der Waals surface area contributed by atoms with E-state index < -0.39 is 0 Å². The van der Waals surface area contributed by atoms with Crippen LogP contribution in [0.1, 0.15) is 45.4 Å². The third kappa shape index (κ3) is 4.18. The lowest BCUT2D eigenvalue weighted by atomic mass is 9.79. The average Bonchev–Trinajstić information content (AvgIpc) is 2.78. The van der Waals surface area contributed by atoms with Crippen LogP contribution in [0.2, 0.25) is 0 Å². The van der Waals surface area contributed by atoms with Gasteiger partial charge in [0.15, 0.2) is 0 Å². The molecule has 0 aromatic heterocycles. The summed E-state index contributed by atoms with van der Waals surface area (Å²) >= 11 is 0. The first kappa shape index (κ1) is 16.7. The van der Waals surface area contributed by atoms with E-state index >= 15 is 0 Å². The molecule has 0 saturated carbocycles. The lowest BCUT2D eigenvalue weighted by molar-refractivity contribution is -0.147. The Balaban J connectivity index is 1.92. The molecule has 2 heterocycles. The molecule has 1 unspecified atom stereocenters. The van der Waals surface area contributed by atoms with Gasteiger partial charge in [-0.2, -0.15) is 0 Å². The number of carbonyl (C=O) groups is 1. The highest BCUT2D eigenvalue weighted by Crippen LogP contribution is 2.32. The highest BCUT2D eigenvalue weighted by atomic mass is 16.5. The first-order valence-electron chi connectivity index (χ1n) is 8.40. The van der Waals surface area contributed by atoms with Crippen molar-refractivity contribution in [3.63, 3.8) is 0 Å². The van der Waals surface area contributed by atoms with Crippen LogP contribution in [0.5, 0.6) is 0 Å². The first-order valence-corrected chi connectivity index (χ1v) is 8.40. The summed E-state index contributed by atoms with van der Waals surface area (Å²) in [4.78, 5) is 15.0. The highest BCUT2D eigenvalue weighted by molar-refractivity contribution is 5.83. The summed E-state index contributed by atoms with van der Waals surface area (Å²) in [6.45, 7) is 6.33. The number of amides is 1. The molecule has 2 aliphatic heterocycles. The van der Waals surface area contributed by atoms with E-state index in [0.29, 0.717) is 25.9 Å².